The number of hydrogen-bond donors (Lipinski definition) is 1. The van der Waals surface area contributed by atoms with Crippen molar-refractivity contribution >= 4 is 65.0 Å². The van der Waals surface area contributed by atoms with Gasteiger partial charge in [-0.3, -0.25) is 0 Å². The van der Waals surface area contributed by atoms with Crippen LogP contribution in [0.15, 0.2) is 115 Å². The van der Waals surface area contributed by atoms with Crippen LogP contribution in [0.2, 0.25) is 0 Å². The van der Waals surface area contributed by atoms with Crippen LogP contribution in [0.3, 0.4) is 0 Å². The number of H-pyrrole nitrogens is 1. The van der Waals surface area contributed by atoms with E-state index in [-0.39, 0.29) is 0 Å². The molecule has 0 fully saturated rings. The molecule has 0 amide bonds. The Hall–Kier alpha value is -4.56. The van der Waals surface area contributed by atoms with Gasteiger partial charge in [0.25, 0.3) is 0 Å². The summed E-state index contributed by atoms with van der Waals surface area (Å²) >= 11 is 0. The summed E-state index contributed by atoms with van der Waals surface area (Å²) < 4.78 is 2.32. The monoisotopic (exact) mass is 432 g/mol. The fraction of sp³-hybridized carbons (Fsp3) is 0. The standard InChI is InChI=1S/C32H20N2/c1-2-8-22-20(7-1)13-16-30-25(22)17-18-34(30)21-14-15-24-23-9-3-4-10-26(23)32-31(28(24)19-21)27-11-5-6-12-29(27)33-32/h1-19,33H. The lowest BCUT2D eigenvalue weighted by Crippen LogP contribution is -1.92. The molecule has 0 aliphatic heterocycles. The summed E-state index contributed by atoms with van der Waals surface area (Å²) in [4.78, 5) is 3.71. The third kappa shape index (κ3) is 2.29. The van der Waals surface area contributed by atoms with Crippen molar-refractivity contribution < 1.29 is 0 Å². The Morgan fingerprint density at radius 1 is 0.500 bits per heavy atom. The van der Waals surface area contributed by atoms with Gasteiger partial charge in [-0.2, -0.15) is 0 Å². The number of rotatable bonds is 1. The zero-order chi connectivity index (χ0) is 22.2. The number of fused-ring (bicyclic) bond motifs is 11. The summed E-state index contributed by atoms with van der Waals surface area (Å²) in [7, 11) is 0. The van der Waals surface area contributed by atoms with Crippen molar-refractivity contribution in [2.75, 3.05) is 0 Å². The van der Waals surface area contributed by atoms with Gasteiger partial charge >= 0.3 is 0 Å². The molecule has 0 bridgehead atoms. The summed E-state index contributed by atoms with van der Waals surface area (Å²) in [6.45, 7) is 0. The van der Waals surface area contributed by atoms with Gasteiger partial charge in [0.1, 0.15) is 0 Å². The van der Waals surface area contributed by atoms with Crippen LogP contribution < -0.4 is 0 Å². The van der Waals surface area contributed by atoms with Gasteiger partial charge in [-0.1, -0.05) is 78.9 Å². The fourth-order valence-corrected chi connectivity index (χ4v) is 5.81. The minimum absolute atomic E-state index is 1.18. The molecule has 158 valence electrons. The maximum absolute atomic E-state index is 3.71. The molecule has 2 nitrogen and oxygen atoms in total. The Balaban J connectivity index is 1.51. The smallest absolute Gasteiger partial charge is 0.0551 e. The first-order valence-electron chi connectivity index (χ1n) is 11.7. The van der Waals surface area contributed by atoms with E-state index in [4.69, 9.17) is 0 Å². The van der Waals surface area contributed by atoms with Crippen molar-refractivity contribution in [2.45, 2.75) is 0 Å². The highest BCUT2D eigenvalue weighted by Gasteiger charge is 2.15. The topological polar surface area (TPSA) is 20.7 Å². The molecule has 0 aliphatic rings. The lowest BCUT2D eigenvalue weighted by Gasteiger charge is -2.12. The Kier molecular flexibility index (Phi) is 3.42. The van der Waals surface area contributed by atoms with Crippen LogP contribution >= 0.6 is 0 Å². The van der Waals surface area contributed by atoms with Crippen LogP contribution in [0.5, 0.6) is 0 Å². The summed E-state index contributed by atoms with van der Waals surface area (Å²) in [6, 6.07) is 39.6. The number of aromatic amines is 1. The first kappa shape index (κ1) is 17.9. The maximum Gasteiger partial charge on any atom is 0.0551 e. The molecule has 0 saturated carbocycles. The number of hydrogen-bond acceptors (Lipinski definition) is 0. The van der Waals surface area contributed by atoms with Crippen molar-refractivity contribution in [2.24, 2.45) is 0 Å². The van der Waals surface area contributed by atoms with Crippen LogP contribution in [-0.2, 0) is 0 Å². The van der Waals surface area contributed by atoms with E-state index in [0.717, 1.165) is 0 Å². The average molecular weight is 433 g/mol. The predicted octanol–water partition coefficient (Wildman–Crippen LogP) is 8.72. The molecule has 8 rings (SSSR count). The van der Waals surface area contributed by atoms with Crippen molar-refractivity contribution in [3.63, 3.8) is 0 Å². The molecular weight excluding hydrogens is 412 g/mol. The van der Waals surface area contributed by atoms with E-state index < -0.39 is 0 Å². The van der Waals surface area contributed by atoms with E-state index in [0.29, 0.717) is 0 Å². The normalized spacial score (nSPS) is 12.1. The summed E-state index contributed by atoms with van der Waals surface area (Å²) in [5.41, 5.74) is 4.80. The highest BCUT2D eigenvalue weighted by Crippen LogP contribution is 2.40. The molecule has 2 aromatic heterocycles. The van der Waals surface area contributed by atoms with E-state index in [2.05, 4.69) is 125 Å². The second-order valence-electron chi connectivity index (χ2n) is 9.10. The fourth-order valence-electron chi connectivity index (χ4n) is 5.81. The van der Waals surface area contributed by atoms with Gasteiger partial charge < -0.3 is 9.55 Å². The second kappa shape index (κ2) is 6.49. The molecule has 1 N–H and O–H groups in total. The third-order valence-corrected chi connectivity index (χ3v) is 7.34. The maximum atomic E-state index is 3.71. The molecule has 0 atom stereocenters. The molecule has 2 heterocycles. The van der Waals surface area contributed by atoms with Gasteiger partial charge in [0.2, 0.25) is 0 Å². The minimum Gasteiger partial charge on any atom is -0.354 e. The van der Waals surface area contributed by atoms with Crippen LogP contribution in [0.4, 0.5) is 0 Å². The molecule has 0 unspecified atom stereocenters. The Labute approximate surface area is 195 Å². The first-order chi connectivity index (χ1) is 16.9. The van der Waals surface area contributed by atoms with Crippen LogP contribution in [-0.4, -0.2) is 9.55 Å². The van der Waals surface area contributed by atoms with E-state index in [1.165, 1.54) is 70.7 Å². The number of nitrogens with zero attached hydrogens (tertiary/aromatic N) is 1. The zero-order valence-corrected chi connectivity index (χ0v) is 18.4. The Bertz CT molecular complexity index is 2070. The molecule has 34 heavy (non-hydrogen) atoms. The molecule has 0 spiro atoms. The number of aromatic nitrogens is 2. The van der Waals surface area contributed by atoms with Crippen LogP contribution in [0.1, 0.15) is 0 Å². The zero-order valence-electron chi connectivity index (χ0n) is 18.4. The van der Waals surface area contributed by atoms with Gasteiger partial charge in [0.05, 0.1) is 11.0 Å². The van der Waals surface area contributed by atoms with Crippen LogP contribution in [0, 0.1) is 0 Å². The van der Waals surface area contributed by atoms with Gasteiger partial charge in [-0.25, -0.2) is 0 Å². The second-order valence-corrected chi connectivity index (χ2v) is 9.10. The summed E-state index contributed by atoms with van der Waals surface area (Å²) in [6.07, 6.45) is 2.20. The van der Waals surface area contributed by atoms with Gasteiger partial charge in [0, 0.05) is 38.9 Å². The van der Waals surface area contributed by atoms with E-state index in [1.807, 2.05) is 0 Å². The first-order valence-corrected chi connectivity index (χ1v) is 11.7. The number of nitrogens with one attached hydrogen (secondary N) is 1. The Morgan fingerprint density at radius 2 is 1.24 bits per heavy atom. The molecule has 6 aromatic carbocycles. The van der Waals surface area contributed by atoms with E-state index >= 15 is 0 Å². The van der Waals surface area contributed by atoms with Crippen molar-refractivity contribution in [3.8, 4) is 5.69 Å². The predicted molar refractivity (Wildman–Crippen MR) is 145 cm³/mol. The molecular formula is C32H20N2. The number of benzene rings is 6. The molecule has 2 heteroatoms. The van der Waals surface area contributed by atoms with E-state index in [1.54, 1.807) is 0 Å². The van der Waals surface area contributed by atoms with Gasteiger partial charge in [-0.15, -0.1) is 0 Å². The lowest BCUT2D eigenvalue weighted by atomic mass is 9.96. The van der Waals surface area contributed by atoms with Gasteiger partial charge in [-0.05, 0) is 57.3 Å². The highest BCUT2D eigenvalue weighted by molar-refractivity contribution is 6.31. The number of para-hydroxylation sites is 1. The molecule has 0 radical (unpaired) electrons. The van der Waals surface area contributed by atoms with Crippen LogP contribution in [0.25, 0.3) is 70.7 Å². The highest BCUT2D eigenvalue weighted by atomic mass is 15.0. The van der Waals surface area contributed by atoms with Crippen molar-refractivity contribution in [1.82, 2.24) is 9.55 Å². The van der Waals surface area contributed by atoms with E-state index in [9.17, 15) is 0 Å². The minimum atomic E-state index is 1.18. The molecule has 8 aromatic rings. The van der Waals surface area contributed by atoms with Crippen molar-refractivity contribution in [3.05, 3.63) is 115 Å². The van der Waals surface area contributed by atoms with Crippen molar-refractivity contribution in [1.29, 1.82) is 0 Å². The molecule has 0 saturated heterocycles. The van der Waals surface area contributed by atoms with Gasteiger partial charge in [0.15, 0.2) is 0 Å². The SMILES string of the molecule is c1ccc2c(c1)ccc1c2ccn1-c1ccc2c3ccccc3c3[nH]c4ccccc4c3c2c1. The average Bonchev–Trinajstić information content (AvgIpc) is 3.51. The summed E-state index contributed by atoms with van der Waals surface area (Å²) in [5.74, 6) is 0. The Morgan fingerprint density at radius 3 is 2.15 bits per heavy atom. The largest absolute Gasteiger partial charge is 0.354 e. The summed E-state index contributed by atoms with van der Waals surface area (Å²) in [5, 5.41) is 11.6. The molecule has 0 aliphatic carbocycles. The lowest BCUT2D eigenvalue weighted by molar-refractivity contribution is 1.13. The third-order valence-electron chi connectivity index (χ3n) is 7.34. The quantitative estimate of drug-likeness (QED) is 0.250.